The molecule has 0 spiro atoms. The molecule has 1 aliphatic heterocycles. The number of likely N-dealkylation sites (tertiary alicyclic amines) is 1. The minimum Gasteiger partial charge on any atom is -0.469 e. The van der Waals surface area contributed by atoms with E-state index in [2.05, 4.69) is 15.3 Å². The molecule has 0 aliphatic carbocycles. The minimum atomic E-state index is -4.71. The largest absolute Gasteiger partial charge is 0.469 e. The number of alkyl halides is 3. The van der Waals surface area contributed by atoms with Crippen molar-refractivity contribution in [2.45, 2.75) is 70.1 Å². The zero-order chi connectivity index (χ0) is 31.2. The summed E-state index contributed by atoms with van der Waals surface area (Å²) in [5, 5.41) is 3.00. The predicted molar refractivity (Wildman–Crippen MR) is 156 cm³/mol. The Labute approximate surface area is 249 Å². The van der Waals surface area contributed by atoms with E-state index >= 15 is 0 Å². The fourth-order valence-corrected chi connectivity index (χ4v) is 5.14. The van der Waals surface area contributed by atoms with Crippen LogP contribution in [0.2, 0.25) is 0 Å². The summed E-state index contributed by atoms with van der Waals surface area (Å²) in [5.41, 5.74) is 0.542. The Bertz CT molecular complexity index is 1390. The summed E-state index contributed by atoms with van der Waals surface area (Å²) in [7, 11) is 1.20. The molecular formula is C32H37F3N4O4. The van der Waals surface area contributed by atoms with E-state index in [0.29, 0.717) is 18.8 Å². The van der Waals surface area contributed by atoms with Gasteiger partial charge in [0.15, 0.2) is 0 Å². The standard InChI is InChI=1S/C32H37F3N4O4/c1-31(2,3)43-30(41)39-16-8-11-23(20-39)22-12-14-25(15-13-22)37-29-36-19-26(32(33,34)35)28(38-29)24(18-27(40)42-4)17-21-9-6-5-7-10-21/h5-7,9-10,12-15,19,23-24H,8,11,16-18,20H2,1-4H3,(H,36,37,38). The van der Waals surface area contributed by atoms with Crippen molar-refractivity contribution in [3.05, 3.63) is 83.2 Å². The van der Waals surface area contributed by atoms with Gasteiger partial charge in [0.1, 0.15) is 5.60 Å². The second kappa shape index (κ2) is 13.4. The number of halogens is 3. The first-order chi connectivity index (χ1) is 20.3. The lowest BCUT2D eigenvalue weighted by molar-refractivity contribution is -0.143. The number of methoxy groups -OCH3 is 1. The number of esters is 1. The van der Waals surface area contributed by atoms with Gasteiger partial charge in [-0.05, 0) is 63.3 Å². The van der Waals surface area contributed by atoms with Gasteiger partial charge in [-0.25, -0.2) is 14.8 Å². The molecule has 2 atom stereocenters. The van der Waals surface area contributed by atoms with Crippen LogP contribution in [0.4, 0.5) is 29.6 Å². The van der Waals surface area contributed by atoms with Crippen molar-refractivity contribution in [2.24, 2.45) is 0 Å². The summed E-state index contributed by atoms with van der Waals surface area (Å²) >= 11 is 0. The number of carbonyl (C=O) groups excluding carboxylic acids is 2. The van der Waals surface area contributed by atoms with Gasteiger partial charge in [0.2, 0.25) is 5.95 Å². The number of hydrogen-bond donors (Lipinski definition) is 1. The Kier molecular flexibility index (Phi) is 9.93. The molecular weight excluding hydrogens is 561 g/mol. The van der Waals surface area contributed by atoms with E-state index in [9.17, 15) is 22.8 Å². The van der Waals surface area contributed by atoms with Gasteiger partial charge < -0.3 is 19.7 Å². The smallest absolute Gasteiger partial charge is 0.419 e. The first kappa shape index (κ1) is 31.8. The third-order valence-corrected chi connectivity index (χ3v) is 7.19. The molecule has 43 heavy (non-hydrogen) atoms. The van der Waals surface area contributed by atoms with Crippen molar-refractivity contribution in [1.82, 2.24) is 14.9 Å². The fraction of sp³-hybridized carbons (Fsp3) is 0.438. The van der Waals surface area contributed by atoms with Crippen LogP contribution in [0.1, 0.15) is 74.3 Å². The Morgan fingerprint density at radius 3 is 2.40 bits per heavy atom. The second-order valence-corrected chi connectivity index (χ2v) is 11.7. The maximum Gasteiger partial charge on any atom is 0.419 e. The molecule has 1 aromatic heterocycles. The Balaban J connectivity index is 1.54. The van der Waals surface area contributed by atoms with Gasteiger partial charge in [-0.3, -0.25) is 4.79 Å². The molecule has 11 heteroatoms. The highest BCUT2D eigenvalue weighted by molar-refractivity contribution is 5.70. The first-order valence-corrected chi connectivity index (χ1v) is 14.2. The summed E-state index contributed by atoms with van der Waals surface area (Å²) in [4.78, 5) is 34.7. The Morgan fingerprint density at radius 2 is 1.77 bits per heavy atom. The van der Waals surface area contributed by atoms with Gasteiger partial charge in [-0.15, -0.1) is 0 Å². The molecule has 1 saturated heterocycles. The van der Waals surface area contributed by atoms with Crippen LogP contribution in [0.25, 0.3) is 0 Å². The van der Waals surface area contributed by atoms with Gasteiger partial charge in [0.05, 0.1) is 24.8 Å². The lowest BCUT2D eigenvalue weighted by Gasteiger charge is -2.34. The molecule has 4 rings (SSSR count). The molecule has 1 N–H and O–H groups in total. The van der Waals surface area contributed by atoms with Crippen LogP contribution >= 0.6 is 0 Å². The van der Waals surface area contributed by atoms with Crippen LogP contribution in [0.5, 0.6) is 0 Å². The van der Waals surface area contributed by atoms with Crippen molar-refractivity contribution < 1.29 is 32.2 Å². The van der Waals surface area contributed by atoms with Crippen molar-refractivity contribution in [2.75, 3.05) is 25.5 Å². The number of piperidine rings is 1. The molecule has 1 aliphatic rings. The Morgan fingerprint density at radius 1 is 1.07 bits per heavy atom. The molecule has 0 bridgehead atoms. The van der Waals surface area contributed by atoms with Crippen LogP contribution in [0.3, 0.4) is 0 Å². The topological polar surface area (TPSA) is 93.7 Å². The third kappa shape index (κ3) is 8.92. The summed E-state index contributed by atoms with van der Waals surface area (Å²) < 4.78 is 52.5. The van der Waals surface area contributed by atoms with Crippen LogP contribution in [-0.4, -0.2) is 52.7 Å². The number of anilines is 2. The first-order valence-electron chi connectivity index (χ1n) is 14.2. The number of nitrogens with one attached hydrogen (secondary N) is 1. The molecule has 1 amide bonds. The summed E-state index contributed by atoms with van der Waals surface area (Å²) in [6, 6.07) is 16.4. The minimum absolute atomic E-state index is 0.0209. The van der Waals surface area contributed by atoms with E-state index in [1.54, 1.807) is 41.3 Å². The van der Waals surface area contributed by atoms with Gasteiger partial charge in [-0.2, -0.15) is 13.2 Å². The number of nitrogens with zero attached hydrogens (tertiary/aromatic N) is 3. The number of carbonyl (C=O) groups is 2. The molecule has 2 unspecified atom stereocenters. The highest BCUT2D eigenvalue weighted by Gasteiger charge is 2.38. The number of ether oxygens (including phenoxy) is 2. The molecule has 8 nitrogen and oxygen atoms in total. The average molecular weight is 599 g/mol. The maximum absolute atomic E-state index is 14.1. The fourth-order valence-electron chi connectivity index (χ4n) is 5.14. The number of rotatable bonds is 8. The van der Waals surface area contributed by atoms with Crippen molar-refractivity contribution in [3.8, 4) is 0 Å². The second-order valence-electron chi connectivity index (χ2n) is 11.7. The van der Waals surface area contributed by atoms with Gasteiger partial charge in [0.25, 0.3) is 0 Å². The Hall–Kier alpha value is -4.15. The molecule has 2 heterocycles. The van der Waals surface area contributed by atoms with Crippen LogP contribution in [0, 0.1) is 0 Å². The highest BCUT2D eigenvalue weighted by Crippen LogP contribution is 2.37. The van der Waals surface area contributed by atoms with Crippen molar-refractivity contribution >= 4 is 23.7 Å². The molecule has 3 aromatic rings. The summed E-state index contributed by atoms with van der Waals surface area (Å²) in [5.74, 6) is -1.42. The predicted octanol–water partition coefficient (Wildman–Crippen LogP) is 7.24. The van der Waals surface area contributed by atoms with E-state index in [-0.39, 0.29) is 36.5 Å². The average Bonchev–Trinajstić information content (AvgIpc) is 2.96. The van der Waals surface area contributed by atoms with Crippen LogP contribution in [0.15, 0.2) is 60.8 Å². The van der Waals surface area contributed by atoms with E-state index in [1.165, 1.54) is 7.11 Å². The van der Waals surface area contributed by atoms with E-state index in [0.717, 1.165) is 30.2 Å². The molecule has 230 valence electrons. The van der Waals surface area contributed by atoms with Gasteiger partial charge in [0, 0.05) is 36.8 Å². The van der Waals surface area contributed by atoms with E-state index < -0.39 is 29.2 Å². The van der Waals surface area contributed by atoms with Crippen LogP contribution in [-0.2, 0) is 26.9 Å². The normalized spacial score (nSPS) is 16.3. The van der Waals surface area contributed by atoms with Gasteiger partial charge in [-0.1, -0.05) is 42.5 Å². The van der Waals surface area contributed by atoms with Gasteiger partial charge >= 0.3 is 18.2 Å². The van der Waals surface area contributed by atoms with E-state index in [1.807, 2.05) is 39.0 Å². The summed E-state index contributed by atoms with van der Waals surface area (Å²) in [6.07, 6.45) is -2.64. The van der Waals surface area contributed by atoms with Crippen molar-refractivity contribution in [3.63, 3.8) is 0 Å². The number of benzene rings is 2. The highest BCUT2D eigenvalue weighted by atomic mass is 19.4. The van der Waals surface area contributed by atoms with E-state index in [4.69, 9.17) is 9.47 Å². The third-order valence-electron chi connectivity index (χ3n) is 7.19. The molecule has 0 radical (unpaired) electrons. The SMILES string of the molecule is COC(=O)CC(Cc1ccccc1)c1nc(Nc2ccc(C3CCCN(C(=O)OC(C)(C)C)C3)cc2)ncc1C(F)(F)F. The lowest BCUT2D eigenvalue weighted by atomic mass is 9.90. The summed E-state index contributed by atoms with van der Waals surface area (Å²) in [6.45, 7) is 6.69. The monoisotopic (exact) mass is 598 g/mol. The zero-order valence-corrected chi connectivity index (χ0v) is 24.8. The maximum atomic E-state index is 14.1. The zero-order valence-electron chi connectivity index (χ0n) is 24.8. The number of hydrogen-bond acceptors (Lipinski definition) is 7. The van der Waals surface area contributed by atoms with Crippen molar-refractivity contribution in [1.29, 1.82) is 0 Å². The number of amides is 1. The molecule has 2 aromatic carbocycles. The lowest BCUT2D eigenvalue weighted by Crippen LogP contribution is -2.42. The quantitative estimate of drug-likeness (QED) is 0.273. The van der Waals surface area contributed by atoms with Crippen LogP contribution < -0.4 is 5.32 Å². The number of aromatic nitrogens is 2. The molecule has 1 fully saturated rings. The molecule has 0 saturated carbocycles.